The molecule has 3 rings (SSSR count). The number of hydrogen-bond donors (Lipinski definition) is 1. The van der Waals surface area contributed by atoms with Crippen molar-refractivity contribution < 1.29 is 4.79 Å². The number of likely N-dealkylation sites (tertiary alicyclic amines) is 1. The zero-order valence-electron chi connectivity index (χ0n) is 13.8. The second kappa shape index (κ2) is 6.96. The summed E-state index contributed by atoms with van der Waals surface area (Å²) in [6, 6.07) is 9.91. The number of nitrogens with zero attached hydrogens (tertiary/aromatic N) is 3. The number of carbonyl (C=O) groups excluding carboxylic acids is 1. The summed E-state index contributed by atoms with van der Waals surface area (Å²) < 4.78 is 0. The van der Waals surface area contributed by atoms with Crippen LogP contribution in [0.3, 0.4) is 0 Å². The third-order valence-corrected chi connectivity index (χ3v) is 4.68. The summed E-state index contributed by atoms with van der Waals surface area (Å²) >= 11 is 0. The molecule has 1 N–H and O–H groups in total. The predicted molar refractivity (Wildman–Crippen MR) is 90.0 cm³/mol. The monoisotopic (exact) mass is 312 g/mol. The van der Waals surface area contributed by atoms with Crippen molar-refractivity contribution in [2.45, 2.75) is 24.8 Å². The first-order valence-electron chi connectivity index (χ1n) is 8.15. The first kappa shape index (κ1) is 15.7. The molecule has 5 heteroatoms. The van der Waals surface area contributed by atoms with Gasteiger partial charge in [-0.3, -0.25) is 14.8 Å². The Balaban J connectivity index is 1.75. The van der Waals surface area contributed by atoms with Crippen LogP contribution < -0.4 is 0 Å². The van der Waals surface area contributed by atoms with Crippen molar-refractivity contribution in [2.75, 3.05) is 27.2 Å². The number of likely N-dealkylation sites (N-methyl/N-ethyl adjacent to an activating group) is 1. The Hall–Kier alpha value is -2.14. The molecule has 1 saturated heterocycles. The molecular formula is C18H24N4O. The maximum atomic E-state index is 12.7. The van der Waals surface area contributed by atoms with E-state index >= 15 is 0 Å². The van der Waals surface area contributed by atoms with Crippen LogP contribution in [0.2, 0.25) is 0 Å². The fraction of sp³-hybridized carbons (Fsp3) is 0.444. The second-order valence-electron chi connectivity index (χ2n) is 6.39. The Bertz CT molecular complexity index is 616. The highest BCUT2D eigenvalue weighted by molar-refractivity contribution is 5.82. The standard InChI is InChI=1S/C18H24N4O/c1-21(2)18(23)17(15-6-4-3-5-7-15)22-10-8-14(9-11-22)16-12-19-20-13-16/h3-7,12-14,17H,8-11H2,1-2H3,(H,19,20)/t17-/m0/s1. The molecule has 2 heterocycles. The van der Waals surface area contributed by atoms with E-state index in [1.807, 2.05) is 56.8 Å². The van der Waals surface area contributed by atoms with Gasteiger partial charge in [0.2, 0.25) is 5.91 Å². The number of aromatic nitrogens is 2. The van der Waals surface area contributed by atoms with Crippen LogP contribution in [0.5, 0.6) is 0 Å². The maximum absolute atomic E-state index is 12.7. The van der Waals surface area contributed by atoms with Crippen LogP contribution in [0.4, 0.5) is 0 Å². The van der Waals surface area contributed by atoms with Gasteiger partial charge in [-0.2, -0.15) is 5.10 Å². The van der Waals surface area contributed by atoms with E-state index in [1.165, 1.54) is 5.56 Å². The molecule has 0 unspecified atom stereocenters. The van der Waals surface area contributed by atoms with Gasteiger partial charge in [0.15, 0.2) is 0 Å². The van der Waals surface area contributed by atoms with Gasteiger partial charge in [-0.1, -0.05) is 30.3 Å². The molecule has 23 heavy (non-hydrogen) atoms. The van der Waals surface area contributed by atoms with Gasteiger partial charge in [0.05, 0.1) is 6.20 Å². The molecule has 0 spiro atoms. The fourth-order valence-electron chi connectivity index (χ4n) is 3.36. The number of carbonyl (C=O) groups is 1. The molecule has 0 radical (unpaired) electrons. The Morgan fingerprint density at radius 1 is 1.26 bits per heavy atom. The highest BCUT2D eigenvalue weighted by Gasteiger charge is 2.32. The van der Waals surface area contributed by atoms with Crippen LogP contribution in [-0.2, 0) is 4.79 Å². The van der Waals surface area contributed by atoms with E-state index in [9.17, 15) is 4.79 Å². The summed E-state index contributed by atoms with van der Waals surface area (Å²) in [5.74, 6) is 0.689. The van der Waals surface area contributed by atoms with Crippen LogP contribution in [0.1, 0.15) is 35.9 Å². The zero-order chi connectivity index (χ0) is 16.2. The van der Waals surface area contributed by atoms with Crippen LogP contribution in [0.15, 0.2) is 42.7 Å². The predicted octanol–water partition coefficient (Wildman–Crippen LogP) is 2.42. The van der Waals surface area contributed by atoms with Gasteiger partial charge in [0, 0.05) is 20.3 Å². The molecular weight excluding hydrogens is 288 g/mol. The SMILES string of the molecule is CN(C)C(=O)[C@H](c1ccccc1)N1CCC(c2cn[nH]c2)CC1. The lowest BCUT2D eigenvalue weighted by Gasteiger charge is -2.37. The topological polar surface area (TPSA) is 52.2 Å². The third kappa shape index (κ3) is 3.45. The number of piperidine rings is 1. The first-order chi connectivity index (χ1) is 11.2. The Kier molecular flexibility index (Phi) is 4.76. The highest BCUT2D eigenvalue weighted by atomic mass is 16.2. The van der Waals surface area contributed by atoms with Crippen molar-refractivity contribution in [1.82, 2.24) is 20.0 Å². The molecule has 5 nitrogen and oxygen atoms in total. The minimum Gasteiger partial charge on any atom is -0.347 e. The van der Waals surface area contributed by atoms with Crippen molar-refractivity contribution in [3.63, 3.8) is 0 Å². The number of nitrogens with one attached hydrogen (secondary N) is 1. The molecule has 122 valence electrons. The molecule has 0 bridgehead atoms. The normalized spacial score (nSPS) is 17.8. The molecule has 1 amide bonds. The summed E-state index contributed by atoms with van der Waals surface area (Å²) in [5.41, 5.74) is 2.35. The van der Waals surface area contributed by atoms with Gasteiger partial charge < -0.3 is 4.90 Å². The van der Waals surface area contributed by atoms with Gasteiger partial charge in [-0.05, 0) is 43.0 Å². The maximum Gasteiger partial charge on any atom is 0.244 e. The Labute approximate surface area is 137 Å². The Morgan fingerprint density at radius 3 is 2.52 bits per heavy atom. The van der Waals surface area contributed by atoms with Crippen LogP contribution in [0.25, 0.3) is 0 Å². The lowest BCUT2D eigenvalue weighted by atomic mass is 9.90. The second-order valence-corrected chi connectivity index (χ2v) is 6.39. The van der Waals surface area contributed by atoms with Crippen LogP contribution in [0, 0.1) is 0 Å². The van der Waals surface area contributed by atoms with E-state index in [0.717, 1.165) is 31.5 Å². The average molecular weight is 312 g/mol. The molecule has 1 aromatic carbocycles. The molecule has 0 aliphatic carbocycles. The fourth-order valence-corrected chi connectivity index (χ4v) is 3.36. The van der Waals surface area contributed by atoms with Gasteiger partial charge in [-0.25, -0.2) is 0 Å². The van der Waals surface area contributed by atoms with E-state index in [-0.39, 0.29) is 11.9 Å². The summed E-state index contributed by atoms with van der Waals surface area (Å²) in [7, 11) is 3.66. The number of H-pyrrole nitrogens is 1. The third-order valence-electron chi connectivity index (χ3n) is 4.68. The zero-order valence-corrected chi connectivity index (χ0v) is 13.8. The van der Waals surface area contributed by atoms with E-state index in [1.54, 1.807) is 4.90 Å². The van der Waals surface area contributed by atoms with Crippen molar-refractivity contribution in [3.05, 3.63) is 53.9 Å². The minimum absolute atomic E-state index is 0.151. The summed E-state index contributed by atoms with van der Waals surface area (Å²) in [6.07, 6.45) is 6.02. The van der Waals surface area contributed by atoms with Crippen molar-refractivity contribution in [2.24, 2.45) is 0 Å². The number of benzene rings is 1. The molecule has 2 aromatic rings. The lowest BCUT2D eigenvalue weighted by Crippen LogP contribution is -2.43. The quantitative estimate of drug-likeness (QED) is 0.943. The molecule has 1 aromatic heterocycles. The molecule has 1 atom stereocenters. The van der Waals surface area contributed by atoms with E-state index < -0.39 is 0 Å². The number of amides is 1. The van der Waals surface area contributed by atoms with E-state index in [0.29, 0.717) is 5.92 Å². The largest absolute Gasteiger partial charge is 0.347 e. The highest BCUT2D eigenvalue weighted by Crippen LogP contribution is 2.32. The molecule has 1 fully saturated rings. The van der Waals surface area contributed by atoms with Gasteiger partial charge in [0.25, 0.3) is 0 Å². The van der Waals surface area contributed by atoms with Crippen molar-refractivity contribution in [1.29, 1.82) is 0 Å². The first-order valence-corrected chi connectivity index (χ1v) is 8.15. The summed E-state index contributed by atoms with van der Waals surface area (Å²) in [5, 5.41) is 6.95. The smallest absolute Gasteiger partial charge is 0.244 e. The van der Waals surface area contributed by atoms with Crippen LogP contribution >= 0.6 is 0 Å². The lowest BCUT2D eigenvalue weighted by molar-refractivity contribution is -0.135. The van der Waals surface area contributed by atoms with Crippen molar-refractivity contribution >= 4 is 5.91 Å². The number of hydrogen-bond acceptors (Lipinski definition) is 3. The summed E-state index contributed by atoms with van der Waals surface area (Å²) in [4.78, 5) is 16.7. The van der Waals surface area contributed by atoms with Gasteiger partial charge >= 0.3 is 0 Å². The molecule has 0 saturated carbocycles. The van der Waals surface area contributed by atoms with Crippen LogP contribution in [-0.4, -0.2) is 53.1 Å². The average Bonchev–Trinajstić information content (AvgIpc) is 3.11. The Morgan fingerprint density at radius 2 is 1.96 bits per heavy atom. The van der Waals surface area contributed by atoms with E-state index in [4.69, 9.17) is 0 Å². The van der Waals surface area contributed by atoms with Gasteiger partial charge in [0.1, 0.15) is 6.04 Å². The minimum atomic E-state index is -0.184. The van der Waals surface area contributed by atoms with Crippen molar-refractivity contribution in [3.8, 4) is 0 Å². The van der Waals surface area contributed by atoms with Gasteiger partial charge in [-0.15, -0.1) is 0 Å². The summed E-state index contributed by atoms with van der Waals surface area (Å²) in [6.45, 7) is 1.85. The number of aromatic amines is 1. The van der Waals surface area contributed by atoms with E-state index in [2.05, 4.69) is 15.1 Å². The molecule has 1 aliphatic heterocycles. The molecule has 1 aliphatic rings. The number of rotatable bonds is 4.